The van der Waals surface area contributed by atoms with Crippen molar-refractivity contribution in [3.8, 4) is 5.75 Å². The minimum absolute atomic E-state index is 0.475. The van der Waals surface area contributed by atoms with E-state index < -0.39 is 17.5 Å². The maximum absolute atomic E-state index is 12.8. The summed E-state index contributed by atoms with van der Waals surface area (Å²) in [6.07, 6.45) is -2.53. The quantitative estimate of drug-likeness (QED) is 0.926. The van der Waals surface area contributed by atoms with E-state index in [4.69, 9.17) is 4.74 Å². The van der Waals surface area contributed by atoms with E-state index in [0.29, 0.717) is 18.0 Å². The fraction of sp³-hybridized carbons (Fsp3) is 0.600. The van der Waals surface area contributed by atoms with Crippen LogP contribution in [0.15, 0.2) is 18.2 Å². The monoisotopic (exact) mass is 303 g/mol. The smallest absolute Gasteiger partial charge is 0.419 e. The number of nitrogens with zero attached hydrogens (tertiary/aromatic N) is 1. The van der Waals surface area contributed by atoms with Crippen LogP contribution in [0.5, 0.6) is 5.75 Å². The molecule has 1 aromatic rings. The number of halogens is 3. The van der Waals surface area contributed by atoms with Crippen molar-refractivity contribution in [2.45, 2.75) is 25.6 Å². The maximum Gasteiger partial charge on any atom is 0.419 e. The average molecular weight is 303 g/mol. The highest BCUT2D eigenvalue weighted by atomic mass is 19.4. The number of alkyl halides is 3. The van der Waals surface area contributed by atoms with Crippen LogP contribution in [0.4, 0.5) is 13.2 Å². The second-order valence-corrected chi connectivity index (χ2v) is 5.52. The molecule has 0 saturated carbocycles. The summed E-state index contributed by atoms with van der Waals surface area (Å²) in [7, 11) is 1.68. The molecule has 1 aliphatic heterocycles. The molecule has 0 bridgehead atoms. The van der Waals surface area contributed by atoms with E-state index in [9.17, 15) is 18.3 Å². The highest BCUT2D eigenvalue weighted by Gasteiger charge is 2.34. The van der Waals surface area contributed by atoms with E-state index in [0.717, 1.165) is 44.7 Å². The van der Waals surface area contributed by atoms with Crippen LogP contribution in [-0.2, 0) is 17.5 Å². The first-order chi connectivity index (χ1) is 9.90. The van der Waals surface area contributed by atoms with Crippen molar-refractivity contribution in [1.82, 2.24) is 4.90 Å². The highest BCUT2D eigenvalue weighted by molar-refractivity contribution is 5.38. The number of hydrogen-bond acceptors (Lipinski definition) is 3. The normalized spacial score (nSPS) is 18.1. The lowest BCUT2D eigenvalue weighted by Crippen LogP contribution is -2.34. The second-order valence-electron chi connectivity index (χ2n) is 5.52. The van der Waals surface area contributed by atoms with Gasteiger partial charge >= 0.3 is 6.18 Å². The number of methoxy groups -OCH3 is 1. The van der Waals surface area contributed by atoms with Gasteiger partial charge in [0.25, 0.3) is 0 Å². The molecular weight excluding hydrogens is 283 g/mol. The van der Waals surface area contributed by atoms with Crippen LogP contribution >= 0.6 is 0 Å². The Morgan fingerprint density at radius 2 is 1.95 bits per heavy atom. The van der Waals surface area contributed by atoms with Crippen molar-refractivity contribution < 1.29 is 23.0 Å². The lowest BCUT2D eigenvalue weighted by Gasteiger charge is -2.31. The van der Waals surface area contributed by atoms with Gasteiger partial charge in [-0.15, -0.1) is 0 Å². The average Bonchev–Trinajstić information content (AvgIpc) is 2.42. The van der Waals surface area contributed by atoms with Crippen LogP contribution in [0.1, 0.15) is 24.0 Å². The molecule has 21 heavy (non-hydrogen) atoms. The van der Waals surface area contributed by atoms with E-state index >= 15 is 0 Å². The number of rotatable bonds is 4. The van der Waals surface area contributed by atoms with Gasteiger partial charge in [0.15, 0.2) is 0 Å². The standard InChI is InChI=1S/C15H20F3NO2/c1-21-10-11-4-6-19(7-5-11)9-12-2-3-14(20)13(8-12)15(16,17)18/h2-3,8,11,20H,4-7,9-10H2,1H3. The predicted octanol–water partition coefficient (Wildman–Crippen LogP) is 3.27. The predicted molar refractivity (Wildman–Crippen MR) is 73.0 cm³/mol. The lowest BCUT2D eigenvalue weighted by molar-refractivity contribution is -0.138. The number of likely N-dealkylation sites (tertiary alicyclic amines) is 1. The van der Waals surface area contributed by atoms with Crippen molar-refractivity contribution >= 4 is 0 Å². The van der Waals surface area contributed by atoms with Gasteiger partial charge in [0, 0.05) is 20.3 Å². The Hall–Kier alpha value is -1.27. The van der Waals surface area contributed by atoms with Crippen molar-refractivity contribution in [3.05, 3.63) is 29.3 Å². The largest absolute Gasteiger partial charge is 0.507 e. The summed E-state index contributed by atoms with van der Waals surface area (Å²) in [4.78, 5) is 2.14. The summed E-state index contributed by atoms with van der Waals surface area (Å²) in [5.74, 6) is -0.179. The molecule has 1 heterocycles. The lowest BCUT2D eigenvalue weighted by atomic mass is 9.97. The minimum Gasteiger partial charge on any atom is -0.507 e. The molecule has 0 spiro atoms. The molecule has 2 rings (SSSR count). The molecule has 1 saturated heterocycles. The molecule has 1 aliphatic rings. The van der Waals surface area contributed by atoms with Gasteiger partial charge in [-0.25, -0.2) is 0 Å². The molecule has 3 nitrogen and oxygen atoms in total. The van der Waals surface area contributed by atoms with Crippen LogP contribution in [0.3, 0.4) is 0 Å². The molecule has 0 amide bonds. The molecule has 1 N–H and O–H groups in total. The minimum atomic E-state index is -4.52. The molecule has 118 valence electrons. The Kier molecular flexibility index (Phi) is 5.11. The molecular formula is C15H20F3NO2. The van der Waals surface area contributed by atoms with Gasteiger partial charge in [0.2, 0.25) is 0 Å². The number of ether oxygens (including phenoxy) is 1. The molecule has 0 aliphatic carbocycles. The van der Waals surface area contributed by atoms with E-state index in [2.05, 4.69) is 4.90 Å². The maximum atomic E-state index is 12.8. The van der Waals surface area contributed by atoms with E-state index in [1.54, 1.807) is 13.2 Å². The third-order valence-electron chi connectivity index (χ3n) is 3.88. The Balaban J connectivity index is 1.98. The third kappa shape index (κ3) is 4.35. The number of hydrogen-bond donors (Lipinski definition) is 1. The number of piperidine rings is 1. The first-order valence-corrected chi connectivity index (χ1v) is 7.00. The van der Waals surface area contributed by atoms with E-state index in [-0.39, 0.29) is 0 Å². The summed E-state index contributed by atoms with van der Waals surface area (Å²) in [6, 6.07) is 3.71. The summed E-state index contributed by atoms with van der Waals surface area (Å²) in [6.45, 7) is 2.93. The molecule has 0 unspecified atom stereocenters. The van der Waals surface area contributed by atoms with Gasteiger partial charge in [-0.2, -0.15) is 13.2 Å². The fourth-order valence-electron chi connectivity index (χ4n) is 2.71. The zero-order chi connectivity index (χ0) is 15.5. The molecule has 0 aromatic heterocycles. The van der Waals surface area contributed by atoms with E-state index in [1.165, 1.54) is 0 Å². The van der Waals surface area contributed by atoms with Gasteiger partial charge in [-0.3, -0.25) is 4.90 Å². The highest BCUT2D eigenvalue weighted by Crippen LogP contribution is 2.36. The van der Waals surface area contributed by atoms with Crippen LogP contribution in [0.25, 0.3) is 0 Å². The molecule has 6 heteroatoms. The molecule has 1 fully saturated rings. The zero-order valence-electron chi connectivity index (χ0n) is 12.0. The molecule has 0 radical (unpaired) electrons. The summed E-state index contributed by atoms with van der Waals surface area (Å²) in [5, 5.41) is 9.32. The van der Waals surface area contributed by atoms with Gasteiger partial charge in [-0.1, -0.05) is 6.07 Å². The first-order valence-electron chi connectivity index (χ1n) is 7.00. The number of benzene rings is 1. The van der Waals surface area contributed by atoms with Gasteiger partial charge < -0.3 is 9.84 Å². The first kappa shape index (κ1) is 16.1. The Bertz CT molecular complexity index is 468. The van der Waals surface area contributed by atoms with Gasteiger partial charge in [0.1, 0.15) is 5.75 Å². The molecule has 1 aromatic carbocycles. The van der Waals surface area contributed by atoms with Crippen molar-refractivity contribution in [1.29, 1.82) is 0 Å². The number of phenolic OH excluding ortho intramolecular Hbond substituents is 1. The van der Waals surface area contributed by atoms with Crippen molar-refractivity contribution in [3.63, 3.8) is 0 Å². The van der Waals surface area contributed by atoms with Crippen LogP contribution in [-0.4, -0.2) is 36.8 Å². The molecule has 0 atom stereocenters. The Labute approximate surface area is 122 Å². The van der Waals surface area contributed by atoms with Crippen LogP contribution in [0, 0.1) is 5.92 Å². The number of phenols is 1. The SMILES string of the molecule is COCC1CCN(Cc2ccc(O)c(C(F)(F)F)c2)CC1. The topological polar surface area (TPSA) is 32.7 Å². The second kappa shape index (κ2) is 6.66. The number of aromatic hydroxyl groups is 1. The fourth-order valence-corrected chi connectivity index (χ4v) is 2.71. The summed E-state index contributed by atoms with van der Waals surface area (Å²) >= 11 is 0. The Morgan fingerprint density at radius 1 is 1.29 bits per heavy atom. The summed E-state index contributed by atoms with van der Waals surface area (Å²) < 4.78 is 43.4. The van der Waals surface area contributed by atoms with Crippen LogP contribution < -0.4 is 0 Å². The third-order valence-corrected chi connectivity index (χ3v) is 3.88. The van der Waals surface area contributed by atoms with Crippen molar-refractivity contribution in [2.75, 3.05) is 26.8 Å². The Morgan fingerprint density at radius 3 is 2.52 bits per heavy atom. The van der Waals surface area contributed by atoms with Gasteiger partial charge in [0.05, 0.1) is 5.56 Å². The van der Waals surface area contributed by atoms with Crippen LogP contribution in [0.2, 0.25) is 0 Å². The van der Waals surface area contributed by atoms with Crippen molar-refractivity contribution in [2.24, 2.45) is 5.92 Å². The van der Waals surface area contributed by atoms with Gasteiger partial charge in [-0.05, 0) is 49.5 Å². The zero-order valence-corrected chi connectivity index (χ0v) is 12.0. The summed E-state index contributed by atoms with van der Waals surface area (Å²) in [5.41, 5.74) is -0.389. The van der Waals surface area contributed by atoms with E-state index in [1.807, 2.05) is 0 Å².